The molecule has 0 aromatic carbocycles. The topological polar surface area (TPSA) is 105 Å². The lowest BCUT2D eigenvalue weighted by molar-refractivity contribution is -0.122. The molecule has 1 aromatic rings. The maximum Gasteiger partial charge on any atom is 0.244 e. The number of nitrogens with zero attached hydrogens (tertiary/aromatic N) is 3. The molecule has 9 heteroatoms. The second kappa shape index (κ2) is 10.3. The van der Waals surface area contributed by atoms with Crippen LogP contribution in [0.4, 0.5) is 5.69 Å². The molecule has 0 aliphatic rings. The number of nitrogens with one attached hydrogen (secondary N) is 2. The Morgan fingerprint density at radius 1 is 1.42 bits per heavy atom. The molecule has 1 atom stereocenters. The first-order valence-electron chi connectivity index (χ1n) is 7.79. The summed E-state index contributed by atoms with van der Waals surface area (Å²) in [4.78, 5) is 25.9. The van der Waals surface area contributed by atoms with Crippen LogP contribution in [0.2, 0.25) is 0 Å². The molecule has 0 saturated carbocycles. The Bertz CT molecular complexity index is 530. The lowest BCUT2D eigenvalue weighted by Crippen LogP contribution is -2.48. The first kappa shape index (κ1) is 22.4. The molecule has 1 heterocycles. The number of likely N-dealkylation sites (N-methyl/N-ethyl adjacent to an activating group) is 1. The molecule has 1 unspecified atom stereocenters. The van der Waals surface area contributed by atoms with Crippen LogP contribution in [0.15, 0.2) is 12.4 Å². The quantitative estimate of drug-likeness (QED) is 0.592. The highest BCUT2D eigenvalue weighted by Crippen LogP contribution is 2.13. The third-order valence-corrected chi connectivity index (χ3v) is 3.37. The van der Waals surface area contributed by atoms with Gasteiger partial charge in [-0.05, 0) is 27.4 Å². The fraction of sp³-hybridized carbons (Fsp3) is 0.667. The molecule has 0 spiro atoms. The number of carbonyl (C=O) groups excluding carboxylic acids is 2. The van der Waals surface area contributed by atoms with Gasteiger partial charge in [-0.15, -0.1) is 12.4 Å². The van der Waals surface area contributed by atoms with Crippen molar-refractivity contribution in [2.24, 2.45) is 5.73 Å². The van der Waals surface area contributed by atoms with Gasteiger partial charge >= 0.3 is 0 Å². The minimum absolute atomic E-state index is 0. The number of anilines is 1. The predicted octanol–water partition coefficient (Wildman–Crippen LogP) is 0.439. The van der Waals surface area contributed by atoms with E-state index in [1.807, 2.05) is 25.9 Å². The van der Waals surface area contributed by atoms with Crippen molar-refractivity contribution >= 4 is 29.9 Å². The van der Waals surface area contributed by atoms with E-state index in [0.29, 0.717) is 18.7 Å². The van der Waals surface area contributed by atoms with Gasteiger partial charge in [0.25, 0.3) is 0 Å². The Labute approximate surface area is 149 Å². The Morgan fingerprint density at radius 3 is 2.67 bits per heavy atom. The van der Waals surface area contributed by atoms with Gasteiger partial charge in [-0.1, -0.05) is 13.3 Å². The third-order valence-electron chi connectivity index (χ3n) is 3.37. The molecule has 0 fully saturated rings. The lowest BCUT2D eigenvalue weighted by Gasteiger charge is -2.22. The Balaban J connectivity index is 0.00000529. The van der Waals surface area contributed by atoms with E-state index in [9.17, 15) is 9.59 Å². The van der Waals surface area contributed by atoms with Crippen LogP contribution in [0.1, 0.15) is 26.7 Å². The number of nitrogens with two attached hydrogens (primary N) is 1. The van der Waals surface area contributed by atoms with Crippen LogP contribution in [-0.2, 0) is 16.1 Å². The zero-order valence-corrected chi connectivity index (χ0v) is 15.7. The Kier molecular flexibility index (Phi) is 9.57. The predicted molar refractivity (Wildman–Crippen MR) is 97.2 cm³/mol. The lowest BCUT2D eigenvalue weighted by atomic mass is 9.96. The van der Waals surface area contributed by atoms with Crippen molar-refractivity contribution in [3.63, 3.8) is 0 Å². The number of rotatable bonds is 9. The van der Waals surface area contributed by atoms with Crippen LogP contribution < -0.4 is 16.4 Å². The van der Waals surface area contributed by atoms with Crippen molar-refractivity contribution in [3.8, 4) is 0 Å². The number of aromatic nitrogens is 2. The molecule has 1 rings (SSSR count). The summed E-state index contributed by atoms with van der Waals surface area (Å²) in [5.74, 6) is -0.378. The number of amides is 2. The van der Waals surface area contributed by atoms with Gasteiger partial charge in [-0.2, -0.15) is 5.10 Å². The van der Waals surface area contributed by atoms with E-state index in [1.54, 1.807) is 13.1 Å². The van der Waals surface area contributed by atoms with Crippen molar-refractivity contribution in [2.45, 2.75) is 38.8 Å². The molecule has 0 saturated heterocycles. The molecule has 8 nitrogen and oxygen atoms in total. The van der Waals surface area contributed by atoms with Crippen LogP contribution in [0.5, 0.6) is 0 Å². The minimum atomic E-state index is -0.916. The highest BCUT2D eigenvalue weighted by molar-refractivity contribution is 5.97. The van der Waals surface area contributed by atoms with Crippen LogP contribution in [0.25, 0.3) is 0 Å². The average molecular weight is 361 g/mol. The smallest absolute Gasteiger partial charge is 0.244 e. The van der Waals surface area contributed by atoms with Crippen molar-refractivity contribution in [3.05, 3.63) is 12.4 Å². The molecular formula is C15H29ClN6O2. The van der Waals surface area contributed by atoms with Gasteiger partial charge in [0, 0.05) is 19.3 Å². The summed E-state index contributed by atoms with van der Waals surface area (Å²) in [5, 5.41) is 9.61. The average Bonchev–Trinajstić information content (AvgIpc) is 2.85. The van der Waals surface area contributed by atoms with E-state index in [2.05, 4.69) is 15.7 Å². The van der Waals surface area contributed by atoms with E-state index in [-0.39, 0.29) is 30.8 Å². The first-order valence-corrected chi connectivity index (χ1v) is 7.79. The number of hydrogen-bond donors (Lipinski definition) is 3. The van der Waals surface area contributed by atoms with Crippen molar-refractivity contribution in [1.82, 2.24) is 20.0 Å². The summed E-state index contributed by atoms with van der Waals surface area (Å²) in [5.41, 5.74) is 5.59. The fourth-order valence-electron chi connectivity index (χ4n) is 2.04. The molecule has 0 bridgehead atoms. The van der Waals surface area contributed by atoms with Crippen LogP contribution in [-0.4, -0.2) is 59.2 Å². The summed E-state index contributed by atoms with van der Waals surface area (Å²) < 4.78 is 1.48. The van der Waals surface area contributed by atoms with Crippen LogP contribution >= 0.6 is 12.4 Å². The zero-order chi connectivity index (χ0) is 17.5. The molecular weight excluding hydrogens is 332 g/mol. The van der Waals surface area contributed by atoms with E-state index in [0.717, 1.165) is 13.0 Å². The van der Waals surface area contributed by atoms with Gasteiger partial charge < -0.3 is 21.3 Å². The van der Waals surface area contributed by atoms with Crippen molar-refractivity contribution < 1.29 is 9.59 Å². The standard InChI is InChI=1S/C15H28N6O2.ClH/c1-5-6-15(2,16)14(23)19-12-9-18-21(10-12)11-13(22)17-7-8-20(3)4;/h9-10H,5-8,11,16H2,1-4H3,(H,17,22)(H,19,23);1H. The molecule has 2 amide bonds. The molecule has 0 aliphatic carbocycles. The van der Waals surface area contributed by atoms with Gasteiger partial charge in [-0.3, -0.25) is 14.3 Å². The fourth-order valence-corrected chi connectivity index (χ4v) is 2.04. The van der Waals surface area contributed by atoms with E-state index in [1.165, 1.54) is 10.9 Å². The highest BCUT2D eigenvalue weighted by atomic mass is 35.5. The number of hydrogen-bond acceptors (Lipinski definition) is 5. The summed E-state index contributed by atoms with van der Waals surface area (Å²) in [6.07, 6.45) is 4.55. The van der Waals surface area contributed by atoms with Crippen molar-refractivity contribution in [1.29, 1.82) is 0 Å². The van der Waals surface area contributed by atoms with Crippen LogP contribution in [0.3, 0.4) is 0 Å². The minimum Gasteiger partial charge on any atom is -0.353 e. The maximum atomic E-state index is 12.1. The maximum absolute atomic E-state index is 12.1. The molecule has 138 valence electrons. The summed E-state index contributed by atoms with van der Waals surface area (Å²) >= 11 is 0. The molecule has 0 aliphatic heterocycles. The Morgan fingerprint density at radius 2 is 2.08 bits per heavy atom. The van der Waals surface area contributed by atoms with Gasteiger partial charge in [0.1, 0.15) is 6.54 Å². The van der Waals surface area contributed by atoms with E-state index >= 15 is 0 Å². The molecule has 24 heavy (non-hydrogen) atoms. The van der Waals surface area contributed by atoms with E-state index in [4.69, 9.17) is 5.73 Å². The van der Waals surface area contributed by atoms with Crippen molar-refractivity contribution in [2.75, 3.05) is 32.5 Å². The number of carbonyl (C=O) groups is 2. The van der Waals surface area contributed by atoms with Gasteiger partial charge in [0.15, 0.2) is 0 Å². The zero-order valence-electron chi connectivity index (χ0n) is 14.8. The van der Waals surface area contributed by atoms with E-state index < -0.39 is 5.54 Å². The van der Waals surface area contributed by atoms with Crippen LogP contribution in [0, 0.1) is 0 Å². The molecule has 0 radical (unpaired) electrons. The third kappa shape index (κ3) is 7.76. The molecule has 4 N–H and O–H groups in total. The highest BCUT2D eigenvalue weighted by Gasteiger charge is 2.27. The normalized spacial score (nSPS) is 13.1. The van der Waals surface area contributed by atoms with Gasteiger partial charge in [0.05, 0.1) is 17.4 Å². The van der Waals surface area contributed by atoms with Gasteiger partial charge in [-0.25, -0.2) is 0 Å². The Hall–Kier alpha value is -1.64. The SMILES string of the molecule is CCCC(C)(N)C(=O)Nc1cnn(CC(=O)NCCN(C)C)c1.Cl. The second-order valence-corrected chi connectivity index (χ2v) is 6.20. The summed E-state index contributed by atoms with van der Waals surface area (Å²) in [6, 6.07) is 0. The molecule has 1 aromatic heterocycles. The second-order valence-electron chi connectivity index (χ2n) is 6.20. The monoisotopic (exact) mass is 360 g/mol. The largest absolute Gasteiger partial charge is 0.353 e. The summed E-state index contributed by atoms with van der Waals surface area (Å²) in [7, 11) is 3.89. The number of halogens is 1. The first-order chi connectivity index (χ1) is 10.7. The van der Waals surface area contributed by atoms with Gasteiger partial charge in [0.2, 0.25) is 11.8 Å². The summed E-state index contributed by atoms with van der Waals surface area (Å²) in [6.45, 7) is 5.15.